The molecule has 1 aromatic carbocycles. The molecule has 4 nitrogen and oxygen atoms in total. The number of carbonyl (C=O) groups excluding carboxylic acids is 1. The smallest absolute Gasteiger partial charge is 0.257 e. The lowest BCUT2D eigenvalue weighted by Crippen LogP contribution is -2.23. The molecule has 0 atom stereocenters. The fraction of sp³-hybridized carbons (Fsp3) is 0.417. The Balaban J connectivity index is 3.32. The van der Waals surface area contributed by atoms with Crippen molar-refractivity contribution in [1.29, 1.82) is 0 Å². The lowest BCUT2D eigenvalue weighted by atomic mass is 10.1. The van der Waals surface area contributed by atoms with Gasteiger partial charge in [-0.1, -0.05) is 0 Å². The number of hydrogen-bond donors (Lipinski definition) is 0. The van der Waals surface area contributed by atoms with Gasteiger partial charge in [-0.2, -0.15) is 0 Å². The molecule has 0 saturated heterocycles. The van der Waals surface area contributed by atoms with Crippen molar-refractivity contribution >= 4 is 5.91 Å². The highest BCUT2D eigenvalue weighted by Gasteiger charge is 2.18. The lowest BCUT2D eigenvalue weighted by molar-refractivity contribution is 0.0823. The Bertz CT molecular complexity index is 399. The van der Waals surface area contributed by atoms with E-state index in [1.807, 2.05) is 13.0 Å². The summed E-state index contributed by atoms with van der Waals surface area (Å²) in [5.41, 5.74) is 1.42. The number of ether oxygens (including phenoxy) is 2. The number of hydrogen-bond acceptors (Lipinski definition) is 3. The Labute approximate surface area is 95.8 Å². The van der Waals surface area contributed by atoms with E-state index in [-0.39, 0.29) is 5.91 Å². The second kappa shape index (κ2) is 4.88. The third-order valence-corrected chi connectivity index (χ3v) is 2.35. The van der Waals surface area contributed by atoms with E-state index in [0.29, 0.717) is 17.1 Å². The lowest BCUT2D eigenvalue weighted by Gasteiger charge is -2.16. The maximum Gasteiger partial charge on any atom is 0.257 e. The van der Waals surface area contributed by atoms with Crippen LogP contribution in [0.3, 0.4) is 0 Å². The van der Waals surface area contributed by atoms with Crippen LogP contribution in [0.25, 0.3) is 0 Å². The van der Waals surface area contributed by atoms with Crippen molar-refractivity contribution in [2.24, 2.45) is 0 Å². The summed E-state index contributed by atoms with van der Waals surface area (Å²) < 4.78 is 10.3. The topological polar surface area (TPSA) is 38.8 Å². The van der Waals surface area contributed by atoms with Crippen LogP contribution < -0.4 is 9.47 Å². The molecule has 0 aliphatic carbocycles. The number of carbonyl (C=O) groups is 1. The average molecular weight is 223 g/mol. The van der Waals surface area contributed by atoms with Crippen LogP contribution in [-0.2, 0) is 0 Å². The number of nitrogens with zero attached hydrogens (tertiary/aromatic N) is 1. The Morgan fingerprint density at radius 3 is 2.25 bits per heavy atom. The van der Waals surface area contributed by atoms with Crippen molar-refractivity contribution in [2.45, 2.75) is 6.92 Å². The summed E-state index contributed by atoms with van der Waals surface area (Å²) >= 11 is 0. The molecule has 1 aromatic rings. The maximum absolute atomic E-state index is 11.9. The second-order valence-corrected chi connectivity index (χ2v) is 3.72. The van der Waals surface area contributed by atoms with Crippen molar-refractivity contribution in [1.82, 2.24) is 4.90 Å². The van der Waals surface area contributed by atoms with Crippen LogP contribution in [0.4, 0.5) is 0 Å². The third kappa shape index (κ3) is 2.27. The van der Waals surface area contributed by atoms with Crippen LogP contribution in [0.2, 0.25) is 0 Å². The summed E-state index contributed by atoms with van der Waals surface area (Å²) in [5.74, 6) is 1.15. The zero-order valence-electron chi connectivity index (χ0n) is 10.3. The van der Waals surface area contributed by atoms with E-state index in [9.17, 15) is 4.79 Å². The van der Waals surface area contributed by atoms with E-state index in [1.165, 1.54) is 4.90 Å². The highest BCUT2D eigenvalue weighted by Crippen LogP contribution is 2.28. The molecule has 0 aromatic heterocycles. The van der Waals surface area contributed by atoms with Crippen molar-refractivity contribution in [3.8, 4) is 11.5 Å². The minimum absolute atomic E-state index is 0.0722. The van der Waals surface area contributed by atoms with Gasteiger partial charge in [-0.15, -0.1) is 0 Å². The fourth-order valence-corrected chi connectivity index (χ4v) is 1.50. The maximum atomic E-state index is 11.9. The van der Waals surface area contributed by atoms with E-state index >= 15 is 0 Å². The van der Waals surface area contributed by atoms with E-state index in [1.54, 1.807) is 34.4 Å². The third-order valence-electron chi connectivity index (χ3n) is 2.35. The van der Waals surface area contributed by atoms with Gasteiger partial charge in [-0.25, -0.2) is 0 Å². The van der Waals surface area contributed by atoms with Crippen LogP contribution in [-0.4, -0.2) is 39.1 Å². The minimum atomic E-state index is -0.0722. The minimum Gasteiger partial charge on any atom is -0.497 e. The van der Waals surface area contributed by atoms with Gasteiger partial charge < -0.3 is 14.4 Å². The van der Waals surface area contributed by atoms with Gasteiger partial charge in [0.05, 0.1) is 19.8 Å². The van der Waals surface area contributed by atoms with Crippen molar-refractivity contribution < 1.29 is 14.3 Å². The molecule has 4 heteroatoms. The van der Waals surface area contributed by atoms with Gasteiger partial charge in [0.25, 0.3) is 5.91 Å². The molecule has 0 bridgehead atoms. The highest BCUT2D eigenvalue weighted by molar-refractivity contribution is 5.98. The normalized spacial score (nSPS) is 9.81. The zero-order chi connectivity index (χ0) is 12.3. The molecule has 0 N–H and O–H groups in total. The molecule has 1 amide bonds. The molecule has 0 unspecified atom stereocenters. The molecule has 0 aliphatic rings. The van der Waals surface area contributed by atoms with Gasteiger partial charge >= 0.3 is 0 Å². The quantitative estimate of drug-likeness (QED) is 0.783. The van der Waals surface area contributed by atoms with Gasteiger partial charge in [0.2, 0.25) is 0 Å². The molecular weight excluding hydrogens is 206 g/mol. The van der Waals surface area contributed by atoms with Crippen molar-refractivity contribution in [3.63, 3.8) is 0 Å². The van der Waals surface area contributed by atoms with E-state index in [4.69, 9.17) is 9.47 Å². The van der Waals surface area contributed by atoms with E-state index in [2.05, 4.69) is 0 Å². The van der Waals surface area contributed by atoms with Gasteiger partial charge in [-0.3, -0.25) is 4.79 Å². The Morgan fingerprint density at radius 2 is 1.81 bits per heavy atom. The number of aryl methyl sites for hydroxylation is 1. The largest absolute Gasteiger partial charge is 0.497 e. The molecule has 0 aliphatic heterocycles. The molecule has 0 saturated carbocycles. The predicted octanol–water partition coefficient (Wildman–Crippen LogP) is 1.71. The molecule has 0 radical (unpaired) electrons. The molecule has 0 fully saturated rings. The molecule has 88 valence electrons. The monoisotopic (exact) mass is 223 g/mol. The molecule has 1 rings (SSSR count). The Kier molecular flexibility index (Phi) is 3.77. The van der Waals surface area contributed by atoms with E-state index < -0.39 is 0 Å². The number of amides is 1. The van der Waals surface area contributed by atoms with Crippen LogP contribution in [0.1, 0.15) is 15.9 Å². The Hall–Kier alpha value is -1.71. The number of rotatable bonds is 3. The average Bonchev–Trinajstić information content (AvgIpc) is 2.26. The van der Waals surface area contributed by atoms with Gasteiger partial charge in [0.1, 0.15) is 11.5 Å². The summed E-state index contributed by atoms with van der Waals surface area (Å²) in [7, 11) is 6.55. The zero-order valence-corrected chi connectivity index (χ0v) is 10.3. The van der Waals surface area contributed by atoms with Crippen LogP contribution >= 0.6 is 0 Å². The highest BCUT2D eigenvalue weighted by atomic mass is 16.5. The molecular formula is C12H17NO3. The molecule has 0 heterocycles. The standard InChI is InChI=1S/C12H17NO3/c1-8-6-9(15-4)7-10(16-5)11(8)12(14)13(2)3/h6-7H,1-5H3. The summed E-state index contributed by atoms with van der Waals surface area (Å²) in [6.45, 7) is 1.86. The van der Waals surface area contributed by atoms with E-state index in [0.717, 1.165) is 5.56 Å². The van der Waals surface area contributed by atoms with Gasteiger partial charge in [-0.05, 0) is 18.6 Å². The first-order chi connectivity index (χ1) is 7.51. The molecule has 16 heavy (non-hydrogen) atoms. The molecule has 0 spiro atoms. The first-order valence-corrected chi connectivity index (χ1v) is 4.95. The SMILES string of the molecule is COc1cc(C)c(C(=O)N(C)C)c(OC)c1. The van der Waals surface area contributed by atoms with Crippen LogP contribution in [0, 0.1) is 6.92 Å². The predicted molar refractivity (Wildman–Crippen MR) is 62.3 cm³/mol. The number of benzene rings is 1. The number of methoxy groups -OCH3 is 2. The van der Waals surface area contributed by atoms with Gasteiger partial charge in [0.15, 0.2) is 0 Å². The fourth-order valence-electron chi connectivity index (χ4n) is 1.50. The Morgan fingerprint density at radius 1 is 1.19 bits per heavy atom. The summed E-state index contributed by atoms with van der Waals surface area (Å²) in [4.78, 5) is 13.5. The summed E-state index contributed by atoms with van der Waals surface area (Å²) in [5, 5.41) is 0. The first-order valence-electron chi connectivity index (χ1n) is 4.95. The van der Waals surface area contributed by atoms with Crippen molar-refractivity contribution in [3.05, 3.63) is 23.3 Å². The second-order valence-electron chi connectivity index (χ2n) is 3.72. The van der Waals surface area contributed by atoms with Gasteiger partial charge in [0, 0.05) is 20.2 Å². The van der Waals surface area contributed by atoms with Crippen LogP contribution in [0.5, 0.6) is 11.5 Å². The summed E-state index contributed by atoms with van der Waals surface area (Å²) in [6, 6.07) is 3.53. The summed E-state index contributed by atoms with van der Waals surface area (Å²) in [6.07, 6.45) is 0. The van der Waals surface area contributed by atoms with Crippen LogP contribution in [0.15, 0.2) is 12.1 Å². The first kappa shape index (κ1) is 12.4. The van der Waals surface area contributed by atoms with Crippen molar-refractivity contribution in [2.75, 3.05) is 28.3 Å².